The van der Waals surface area contributed by atoms with Crippen molar-refractivity contribution in [1.82, 2.24) is 4.72 Å². The lowest BCUT2D eigenvalue weighted by atomic mass is 10.1. The molecule has 144 valence electrons. The van der Waals surface area contributed by atoms with E-state index in [0.717, 1.165) is 37.7 Å². The molecule has 0 spiro atoms. The number of methoxy groups -OCH3 is 1. The summed E-state index contributed by atoms with van der Waals surface area (Å²) in [6, 6.07) is 6.89. The molecule has 1 unspecified atom stereocenters. The number of sulfonamides is 1. The van der Waals surface area contributed by atoms with Crippen LogP contribution in [0.5, 0.6) is 0 Å². The standard InChI is InChI=1S/C18H26N2O5S/c1-14-13-25-18(19-14)20-26(22,23)16-10-7-9-15(12-16)8-5-3-4-6-11-17(21)24-2/h7,9-10,12,14H,3-6,8,11,13H2,1-2H3,(H,19,20). The molecule has 7 nitrogen and oxygen atoms in total. The van der Waals surface area contributed by atoms with E-state index >= 15 is 0 Å². The molecule has 1 aliphatic heterocycles. The van der Waals surface area contributed by atoms with Gasteiger partial charge in [-0.3, -0.25) is 4.79 Å². The number of benzene rings is 1. The fourth-order valence-corrected chi connectivity index (χ4v) is 3.65. The van der Waals surface area contributed by atoms with Gasteiger partial charge in [0.2, 0.25) is 0 Å². The van der Waals surface area contributed by atoms with E-state index in [1.807, 2.05) is 13.0 Å². The van der Waals surface area contributed by atoms with E-state index in [-0.39, 0.29) is 22.9 Å². The Bertz CT molecular complexity index is 746. The Kier molecular flexibility index (Phi) is 7.44. The van der Waals surface area contributed by atoms with Crippen LogP contribution in [0.2, 0.25) is 0 Å². The number of hydrogen-bond donors (Lipinski definition) is 1. The highest BCUT2D eigenvalue weighted by molar-refractivity contribution is 7.90. The number of nitrogens with zero attached hydrogens (tertiary/aromatic N) is 1. The fraction of sp³-hybridized carbons (Fsp3) is 0.556. The van der Waals surface area contributed by atoms with Gasteiger partial charge in [0.25, 0.3) is 16.0 Å². The van der Waals surface area contributed by atoms with Gasteiger partial charge in [0.1, 0.15) is 6.61 Å². The summed E-state index contributed by atoms with van der Waals surface area (Å²) < 4.78 is 37.1. The molecule has 1 atom stereocenters. The minimum atomic E-state index is -3.70. The van der Waals surface area contributed by atoms with Crippen LogP contribution < -0.4 is 4.72 Å². The third-order valence-electron chi connectivity index (χ3n) is 4.05. The number of amidine groups is 1. The number of ether oxygens (including phenoxy) is 2. The van der Waals surface area contributed by atoms with Gasteiger partial charge < -0.3 is 9.47 Å². The molecular formula is C18H26N2O5S. The van der Waals surface area contributed by atoms with Crippen molar-refractivity contribution in [2.45, 2.75) is 56.4 Å². The predicted molar refractivity (Wildman–Crippen MR) is 98.4 cm³/mol. The lowest BCUT2D eigenvalue weighted by Gasteiger charge is -2.09. The van der Waals surface area contributed by atoms with Gasteiger partial charge in [-0.25, -0.2) is 18.1 Å². The van der Waals surface area contributed by atoms with Gasteiger partial charge in [-0.15, -0.1) is 0 Å². The summed E-state index contributed by atoms with van der Waals surface area (Å²) in [6.07, 6.45) is 4.91. The molecule has 26 heavy (non-hydrogen) atoms. The molecule has 0 bridgehead atoms. The number of unbranched alkanes of at least 4 members (excludes halogenated alkanes) is 3. The maximum atomic E-state index is 12.4. The zero-order valence-electron chi connectivity index (χ0n) is 15.2. The third-order valence-corrected chi connectivity index (χ3v) is 5.37. The van der Waals surface area contributed by atoms with Crippen molar-refractivity contribution in [2.75, 3.05) is 13.7 Å². The van der Waals surface area contributed by atoms with Crippen molar-refractivity contribution >= 4 is 22.0 Å². The monoisotopic (exact) mass is 382 g/mol. The maximum absolute atomic E-state index is 12.4. The molecule has 1 aromatic rings. The van der Waals surface area contributed by atoms with E-state index in [1.165, 1.54) is 7.11 Å². The van der Waals surface area contributed by atoms with Crippen LogP contribution in [-0.2, 0) is 30.7 Å². The van der Waals surface area contributed by atoms with Crippen molar-refractivity contribution in [3.8, 4) is 0 Å². The molecule has 0 fully saturated rings. The summed E-state index contributed by atoms with van der Waals surface area (Å²) in [4.78, 5) is 15.3. The van der Waals surface area contributed by atoms with E-state index in [2.05, 4.69) is 14.5 Å². The van der Waals surface area contributed by atoms with Crippen LogP contribution in [0.1, 0.15) is 44.6 Å². The molecule has 1 aliphatic rings. The minimum Gasteiger partial charge on any atom is -0.469 e. The molecule has 1 aromatic carbocycles. The number of hydrogen-bond acceptors (Lipinski definition) is 6. The second kappa shape index (κ2) is 9.56. The van der Waals surface area contributed by atoms with Crippen molar-refractivity contribution < 1.29 is 22.7 Å². The SMILES string of the molecule is COC(=O)CCCCCCc1cccc(S(=O)(=O)NC2=NC(C)CO2)c1. The van der Waals surface area contributed by atoms with Crippen molar-refractivity contribution in [3.63, 3.8) is 0 Å². The van der Waals surface area contributed by atoms with E-state index in [9.17, 15) is 13.2 Å². The van der Waals surface area contributed by atoms with Gasteiger partial charge in [-0.05, 0) is 43.9 Å². The zero-order chi connectivity index (χ0) is 19.0. The quantitative estimate of drug-likeness (QED) is 0.523. The highest BCUT2D eigenvalue weighted by atomic mass is 32.2. The Morgan fingerprint density at radius 2 is 2.08 bits per heavy atom. The number of carbonyl (C=O) groups excluding carboxylic acids is 1. The molecule has 0 saturated carbocycles. The van der Waals surface area contributed by atoms with Crippen LogP contribution >= 0.6 is 0 Å². The normalized spacial score (nSPS) is 16.7. The molecular weight excluding hydrogens is 356 g/mol. The summed E-state index contributed by atoms with van der Waals surface area (Å²) >= 11 is 0. The Morgan fingerprint density at radius 3 is 2.77 bits per heavy atom. The smallest absolute Gasteiger partial charge is 0.305 e. The summed E-state index contributed by atoms with van der Waals surface area (Å²) in [5.41, 5.74) is 0.962. The number of carbonyl (C=O) groups is 1. The largest absolute Gasteiger partial charge is 0.469 e. The van der Waals surface area contributed by atoms with Crippen molar-refractivity contribution in [3.05, 3.63) is 29.8 Å². The van der Waals surface area contributed by atoms with Crippen molar-refractivity contribution in [2.24, 2.45) is 4.99 Å². The summed E-state index contributed by atoms with van der Waals surface area (Å²) in [5.74, 6) is -0.180. The van der Waals surface area contributed by atoms with Gasteiger partial charge in [0.15, 0.2) is 0 Å². The number of nitrogens with one attached hydrogen (secondary N) is 1. The Balaban J connectivity index is 1.83. The van der Waals surface area contributed by atoms with Crippen molar-refractivity contribution in [1.29, 1.82) is 0 Å². The molecule has 8 heteroatoms. The fourth-order valence-electron chi connectivity index (χ4n) is 2.63. The van der Waals surface area contributed by atoms with E-state index in [0.29, 0.717) is 13.0 Å². The summed E-state index contributed by atoms with van der Waals surface area (Å²) in [6.45, 7) is 2.24. The van der Waals surface area contributed by atoms with Gasteiger partial charge in [0.05, 0.1) is 18.0 Å². The number of aryl methyl sites for hydroxylation is 1. The molecule has 0 amide bonds. The Morgan fingerprint density at radius 1 is 1.31 bits per heavy atom. The first-order valence-corrected chi connectivity index (χ1v) is 10.3. The maximum Gasteiger partial charge on any atom is 0.305 e. The van der Waals surface area contributed by atoms with E-state index < -0.39 is 10.0 Å². The second-order valence-corrected chi connectivity index (χ2v) is 8.02. The second-order valence-electron chi connectivity index (χ2n) is 6.34. The van der Waals surface area contributed by atoms with Crippen LogP contribution in [0.15, 0.2) is 34.2 Å². The predicted octanol–water partition coefficient (Wildman–Crippen LogP) is 2.41. The summed E-state index contributed by atoms with van der Waals surface area (Å²) in [5, 5.41) is 0. The number of rotatable bonds is 9. The third kappa shape index (κ3) is 6.33. The van der Waals surface area contributed by atoms with Crippen LogP contribution in [-0.4, -0.2) is 40.2 Å². The van der Waals surface area contributed by atoms with Crippen LogP contribution in [0.3, 0.4) is 0 Å². The minimum absolute atomic E-state index is 0.0433. The highest BCUT2D eigenvalue weighted by Gasteiger charge is 2.22. The average Bonchev–Trinajstić information content (AvgIpc) is 3.02. The number of esters is 1. The molecule has 0 aliphatic carbocycles. The molecule has 0 saturated heterocycles. The van der Waals surface area contributed by atoms with Gasteiger partial charge in [-0.2, -0.15) is 0 Å². The van der Waals surface area contributed by atoms with Crippen LogP contribution in [0, 0.1) is 0 Å². The molecule has 0 aromatic heterocycles. The first-order chi connectivity index (χ1) is 12.4. The summed E-state index contributed by atoms with van der Waals surface area (Å²) in [7, 11) is -2.31. The lowest BCUT2D eigenvalue weighted by molar-refractivity contribution is -0.140. The van der Waals surface area contributed by atoms with E-state index in [1.54, 1.807) is 18.2 Å². The Hall–Kier alpha value is -2.09. The van der Waals surface area contributed by atoms with Crippen LogP contribution in [0.25, 0.3) is 0 Å². The van der Waals surface area contributed by atoms with Gasteiger partial charge in [-0.1, -0.05) is 25.0 Å². The highest BCUT2D eigenvalue weighted by Crippen LogP contribution is 2.15. The molecule has 0 radical (unpaired) electrons. The lowest BCUT2D eigenvalue weighted by Crippen LogP contribution is -2.30. The first-order valence-electron chi connectivity index (χ1n) is 8.80. The van der Waals surface area contributed by atoms with E-state index in [4.69, 9.17) is 4.74 Å². The van der Waals surface area contributed by atoms with Gasteiger partial charge in [0, 0.05) is 6.42 Å². The average molecular weight is 382 g/mol. The Labute approximate surface area is 154 Å². The molecule has 1 N–H and O–H groups in total. The van der Waals surface area contributed by atoms with Crippen LogP contribution in [0.4, 0.5) is 0 Å². The number of aliphatic imine (C=N–C) groups is 1. The topological polar surface area (TPSA) is 94.1 Å². The zero-order valence-corrected chi connectivity index (χ0v) is 16.0. The first kappa shape index (κ1) is 20.2. The molecule has 2 rings (SSSR count). The van der Waals surface area contributed by atoms with Gasteiger partial charge >= 0.3 is 5.97 Å². The molecule has 1 heterocycles.